The third kappa shape index (κ3) is 3.08. The molecule has 0 unspecified atom stereocenters. The minimum Gasteiger partial charge on any atom is -0.382 e. The first-order valence-electron chi connectivity index (χ1n) is 4.54. The van der Waals surface area contributed by atoms with E-state index in [0.717, 1.165) is 0 Å². The molecule has 2 N–H and O–H groups in total. The predicted octanol–water partition coefficient (Wildman–Crippen LogP) is -0.696. The summed E-state index contributed by atoms with van der Waals surface area (Å²) >= 11 is 0. The van der Waals surface area contributed by atoms with Gasteiger partial charge in [0, 0.05) is 26.6 Å². The molecular weight excluding hydrogens is 196 g/mol. The summed E-state index contributed by atoms with van der Waals surface area (Å²) in [4.78, 5) is 24.0. The van der Waals surface area contributed by atoms with Crippen LogP contribution in [-0.2, 0) is 11.3 Å². The van der Waals surface area contributed by atoms with E-state index < -0.39 is 0 Å². The fourth-order valence-corrected chi connectivity index (χ4v) is 1.05. The van der Waals surface area contributed by atoms with Gasteiger partial charge in [-0.2, -0.15) is 5.10 Å². The minimum atomic E-state index is -0.254. The molecule has 0 saturated carbocycles. The molecule has 0 aromatic carbocycles. The maximum absolute atomic E-state index is 11.3. The molecule has 0 aliphatic heterocycles. The Morgan fingerprint density at radius 3 is 2.80 bits per heavy atom. The van der Waals surface area contributed by atoms with Gasteiger partial charge in [-0.15, -0.1) is 0 Å². The summed E-state index contributed by atoms with van der Waals surface area (Å²) in [6.07, 6.45) is 0.239. The highest BCUT2D eigenvalue weighted by atomic mass is 16.2. The second kappa shape index (κ2) is 4.59. The zero-order chi connectivity index (χ0) is 11.4. The number of rotatable bonds is 3. The highest BCUT2D eigenvalue weighted by Gasteiger charge is 2.05. The van der Waals surface area contributed by atoms with Gasteiger partial charge in [-0.3, -0.25) is 9.59 Å². The summed E-state index contributed by atoms with van der Waals surface area (Å²) in [6.45, 7) is 0.251. The van der Waals surface area contributed by atoms with Crippen LogP contribution in [0.25, 0.3) is 0 Å². The van der Waals surface area contributed by atoms with E-state index in [1.165, 1.54) is 21.7 Å². The molecule has 15 heavy (non-hydrogen) atoms. The minimum absolute atomic E-state index is 0.0499. The fourth-order valence-electron chi connectivity index (χ4n) is 1.05. The zero-order valence-corrected chi connectivity index (χ0v) is 8.80. The SMILES string of the molecule is CN(C)C(=O)CCn1nc(N)ccc1=O. The van der Waals surface area contributed by atoms with E-state index in [2.05, 4.69) is 5.10 Å². The standard InChI is InChI=1S/C9H14N4O2/c1-12(2)8(14)5-6-13-9(15)4-3-7(10)11-13/h3-4H,5-6H2,1-2H3,(H2,10,11). The topological polar surface area (TPSA) is 81.2 Å². The number of carbonyl (C=O) groups is 1. The number of hydrogen-bond donors (Lipinski definition) is 1. The van der Waals surface area contributed by atoms with Crippen molar-refractivity contribution in [3.8, 4) is 0 Å². The number of amides is 1. The lowest BCUT2D eigenvalue weighted by Crippen LogP contribution is -2.28. The Labute approximate surface area is 87.3 Å². The molecule has 0 fully saturated rings. The first kappa shape index (κ1) is 11.2. The summed E-state index contributed by atoms with van der Waals surface area (Å²) in [5, 5.41) is 3.82. The summed E-state index contributed by atoms with van der Waals surface area (Å²) in [5.41, 5.74) is 5.17. The Morgan fingerprint density at radius 2 is 2.20 bits per heavy atom. The Kier molecular flexibility index (Phi) is 3.43. The van der Waals surface area contributed by atoms with Crippen molar-refractivity contribution >= 4 is 11.7 Å². The number of anilines is 1. The van der Waals surface area contributed by atoms with E-state index in [1.807, 2.05) is 0 Å². The maximum atomic E-state index is 11.3. The number of nitrogens with two attached hydrogens (primary N) is 1. The fraction of sp³-hybridized carbons (Fsp3) is 0.444. The zero-order valence-electron chi connectivity index (χ0n) is 8.80. The summed E-state index contributed by atoms with van der Waals surface area (Å²) in [6, 6.07) is 2.77. The monoisotopic (exact) mass is 210 g/mol. The molecular formula is C9H14N4O2. The van der Waals surface area contributed by atoms with E-state index in [-0.39, 0.29) is 30.2 Å². The third-order valence-corrected chi connectivity index (χ3v) is 1.92. The molecule has 0 aliphatic carbocycles. The van der Waals surface area contributed by atoms with Crippen LogP contribution >= 0.6 is 0 Å². The van der Waals surface area contributed by atoms with Crippen LogP contribution in [0.3, 0.4) is 0 Å². The van der Waals surface area contributed by atoms with Gasteiger partial charge in [-0.25, -0.2) is 4.68 Å². The van der Waals surface area contributed by atoms with Gasteiger partial charge in [0.05, 0.1) is 6.54 Å². The molecule has 1 amide bonds. The van der Waals surface area contributed by atoms with Crippen molar-refractivity contribution in [2.75, 3.05) is 19.8 Å². The van der Waals surface area contributed by atoms with Crippen LogP contribution in [0.4, 0.5) is 5.82 Å². The van der Waals surface area contributed by atoms with Crippen molar-refractivity contribution in [2.45, 2.75) is 13.0 Å². The average molecular weight is 210 g/mol. The van der Waals surface area contributed by atoms with Crippen LogP contribution in [0.1, 0.15) is 6.42 Å². The molecule has 0 aliphatic rings. The molecule has 1 heterocycles. The van der Waals surface area contributed by atoms with Crippen LogP contribution in [-0.4, -0.2) is 34.7 Å². The van der Waals surface area contributed by atoms with Crippen LogP contribution in [0, 0.1) is 0 Å². The molecule has 1 aromatic rings. The highest BCUT2D eigenvalue weighted by molar-refractivity contribution is 5.75. The second-order valence-corrected chi connectivity index (χ2v) is 3.36. The second-order valence-electron chi connectivity index (χ2n) is 3.36. The smallest absolute Gasteiger partial charge is 0.266 e. The van der Waals surface area contributed by atoms with Crippen LogP contribution in [0.2, 0.25) is 0 Å². The van der Waals surface area contributed by atoms with Crippen LogP contribution < -0.4 is 11.3 Å². The van der Waals surface area contributed by atoms with Crippen LogP contribution in [0.5, 0.6) is 0 Å². The van der Waals surface area contributed by atoms with E-state index in [9.17, 15) is 9.59 Å². The third-order valence-electron chi connectivity index (χ3n) is 1.92. The highest BCUT2D eigenvalue weighted by Crippen LogP contribution is 1.93. The van der Waals surface area contributed by atoms with Gasteiger partial charge >= 0.3 is 0 Å². The number of nitrogens with zero attached hydrogens (tertiary/aromatic N) is 3. The van der Waals surface area contributed by atoms with E-state index in [4.69, 9.17) is 5.73 Å². The Hall–Kier alpha value is -1.85. The lowest BCUT2D eigenvalue weighted by molar-refractivity contribution is -0.128. The Bertz CT molecular complexity index is 411. The van der Waals surface area contributed by atoms with Gasteiger partial charge in [-0.05, 0) is 6.07 Å². The van der Waals surface area contributed by atoms with Crippen molar-refractivity contribution in [1.82, 2.24) is 14.7 Å². The summed E-state index contributed by atoms with van der Waals surface area (Å²) in [5.74, 6) is 0.220. The van der Waals surface area contributed by atoms with Gasteiger partial charge in [0.1, 0.15) is 5.82 Å². The van der Waals surface area contributed by atoms with Crippen molar-refractivity contribution in [1.29, 1.82) is 0 Å². The summed E-state index contributed by atoms with van der Waals surface area (Å²) in [7, 11) is 3.33. The largest absolute Gasteiger partial charge is 0.382 e. The van der Waals surface area contributed by atoms with E-state index in [0.29, 0.717) is 0 Å². The number of aryl methyl sites for hydroxylation is 1. The van der Waals surface area contributed by atoms with Gasteiger partial charge in [-0.1, -0.05) is 0 Å². The quantitative estimate of drug-likeness (QED) is 0.715. The van der Waals surface area contributed by atoms with E-state index >= 15 is 0 Å². The normalized spacial score (nSPS) is 10.0. The van der Waals surface area contributed by atoms with Crippen molar-refractivity contribution in [3.63, 3.8) is 0 Å². The van der Waals surface area contributed by atoms with E-state index in [1.54, 1.807) is 14.1 Å². The molecule has 6 heteroatoms. The maximum Gasteiger partial charge on any atom is 0.266 e. The van der Waals surface area contributed by atoms with Crippen molar-refractivity contribution < 1.29 is 4.79 Å². The lowest BCUT2D eigenvalue weighted by Gasteiger charge is -2.10. The Balaban J connectivity index is 2.69. The molecule has 6 nitrogen and oxygen atoms in total. The number of aromatic nitrogens is 2. The van der Waals surface area contributed by atoms with Crippen molar-refractivity contribution in [2.24, 2.45) is 0 Å². The van der Waals surface area contributed by atoms with Crippen LogP contribution in [0.15, 0.2) is 16.9 Å². The molecule has 0 saturated heterocycles. The lowest BCUT2D eigenvalue weighted by atomic mass is 10.4. The number of hydrogen-bond acceptors (Lipinski definition) is 4. The molecule has 0 radical (unpaired) electrons. The predicted molar refractivity (Wildman–Crippen MR) is 56.2 cm³/mol. The molecule has 1 aromatic heterocycles. The van der Waals surface area contributed by atoms with Gasteiger partial charge in [0.25, 0.3) is 5.56 Å². The number of carbonyl (C=O) groups excluding carboxylic acids is 1. The molecule has 0 spiro atoms. The first-order valence-corrected chi connectivity index (χ1v) is 4.54. The first-order chi connectivity index (χ1) is 7.00. The summed E-state index contributed by atoms with van der Waals surface area (Å²) < 4.78 is 1.19. The van der Waals surface area contributed by atoms with Gasteiger partial charge in [0.15, 0.2) is 0 Å². The number of nitrogen functional groups attached to an aromatic ring is 1. The van der Waals surface area contributed by atoms with Gasteiger partial charge in [0.2, 0.25) is 5.91 Å². The molecule has 1 rings (SSSR count). The molecule has 0 bridgehead atoms. The molecule has 0 atom stereocenters. The van der Waals surface area contributed by atoms with Crippen molar-refractivity contribution in [3.05, 3.63) is 22.5 Å². The van der Waals surface area contributed by atoms with Gasteiger partial charge < -0.3 is 10.6 Å². The average Bonchev–Trinajstić information content (AvgIpc) is 2.18. The Morgan fingerprint density at radius 1 is 1.53 bits per heavy atom. The molecule has 82 valence electrons.